The molecule has 32 heavy (non-hydrogen) atoms. The molecule has 11 heteroatoms. The third kappa shape index (κ3) is 4.20. The summed E-state index contributed by atoms with van der Waals surface area (Å²) in [5.41, 5.74) is 4.22. The van der Waals surface area contributed by atoms with Crippen LogP contribution in [-0.4, -0.2) is 52.9 Å². The topological polar surface area (TPSA) is 97.2 Å². The van der Waals surface area contributed by atoms with Crippen LogP contribution in [0.15, 0.2) is 56.9 Å². The number of nitrogens with one attached hydrogen (secondary N) is 1. The smallest absolute Gasteiger partial charge is 0.250 e. The molecule has 0 bridgehead atoms. The molecule has 1 aliphatic rings. The summed E-state index contributed by atoms with van der Waals surface area (Å²) >= 11 is 2.69. The molecule has 4 aromatic rings. The van der Waals surface area contributed by atoms with Crippen molar-refractivity contribution in [2.24, 2.45) is 0 Å². The first-order valence-corrected chi connectivity index (χ1v) is 13.5. The zero-order valence-corrected chi connectivity index (χ0v) is 19.5. The predicted molar refractivity (Wildman–Crippen MR) is 125 cm³/mol. The maximum atomic E-state index is 13.1. The molecule has 8 nitrogen and oxygen atoms in total. The molecular weight excluding hydrogens is 466 g/mol. The number of amides is 1. The number of para-hydroxylation sites is 2. The highest BCUT2D eigenvalue weighted by atomic mass is 32.2. The van der Waals surface area contributed by atoms with E-state index in [1.165, 1.54) is 22.7 Å². The van der Waals surface area contributed by atoms with Gasteiger partial charge in [-0.3, -0.25) is 4.79 Å². The maximum absolute atomic E-state index is 13.1. The van der Waals surface area contributed by atoms with Crippen LogP contribution < -0.4 is 4.72 Å². The number of thiazole rings is 1. The Morgan fingerprint density at radius 1 is 1.16 bits per heavy atom. The molecule has 1 aliphatic heterocycles. The molecule has 0 saturated carbocycles. The largest absolute Gasteiger partial charge is 0.341 e. The molecule has 1 aromatic carbocycles. The van der Waals surface area contributed by atoms with Crippen LogP contribution in [0, 0.1) is 0 Å². The van der Waals surface area contributed by atoms with Crippen LogP contribution in [0.1, 0.15) is 12.8 Å². The molecule has 0 spiro atoms. The summed E-state index contributed by atoms with van der Waals surface area (Å²) < 4.78 is 29.9. The molecule has 166 valence electrons. The fraction of sp³-hybridized carbons (Fsp3) is 0.286. The minimum absolute atomic E-state index is 0.0100. The van der Waals surface area contributed by atoms with Gasteiger partial charge in [-0.25, -0.2) is 23.1 Å². The average Bonchev–Trinajstić information content (AvgIpc) is 3.55. The summed E-state index contributed by atoms with van der Waals surface area (Å²) in [4.78, 5) is 24.0. The van der Waals surface area contributed by atoms with Gasteiger partial charge in [-0.15, -0.1) is 22.7 Å². The minimum atomic E-state index is -3.50. The van der Waals surface area contributed by atoms with Crippen LogP contribution in [0.3, 0.4) is 0 Å². The van der Waals surface area contributed by atoms with Crippen molar-refractivity contribution in [1.82, 2.24) is 24.2 Å². The average molecular weight is 488 g/mol. The van der Waals surface area contributed by atoms with Gasteiger partial charge in [-0.1, -0.05) is 18.2 Å². The lowest BCUT2D eigenvalue weighted by Gasteiger charge is -2.32. The minimum Gasteiger partial charge on any atom is -0.341 e. The lowest BCUT2D eigenvalue weighted by atomic mass is 10.1. The lowest BCUT2D eigenvalue weighted by Crippen LogP contribution is -2.47. The lowest BCUT2D eigenvalue weighted by molar-refractivity contribution is -0.132. The van der Waals surface area contributed by atoms with Crippen molar-refractivity contribution >= 4 is 49.6 Å². The molecule has 0 atom stereocenters. The van der Waals surface area contributed by atoms with Crippen LogP contribution in [0.2, 0.25) is 0 Å². The first kappa shape index (κ1) is 21.3. The number of thiophene rings is 1. The van der Waals surface area contributed by atoms with E-state index < -0.39 is 10.0 Å². The molecule has 1 N–H and O–H groups in total. The Morgan fingerprint density at radius 3 is 2.69 bits per heavy atom. The summed E-state index contributed by atoms with van der Waals surface area (Å²) in [7, 11) is -3.50. The van der Waals surface area contributed by atoms with Gasteiger partial charge in [0.15, 0.2) is 5.82 Å². The van der Waals surface area contributed by atoms with Crippen LogP contribution in [-0.2, 0) is 21.4 Å². The number of sulfonamides is 1. The van der Waals surface area contributed by atoms with Crippen LogP contribution in [0.25, 0.3) is 22.6 Å². The van der Waals surface area contributed by atoms with E-state index in [0.29, 0.717) is 36.0 Å². The third-order valence-corrected chi connectivity index (χ3v) is 9.04. The second-order valence-electron chi connectivity index (χ2n) is 7.59. The van der Waals surface area contributed by atoms with Crippen molar-refractivity contribution in [3.63, 3.8) is 0 Å². The Hall–Kier alpha value is -2.60. The second kappa shape index (κ2) is 8.74. The molecule has 1 fully saturated rings. The number of aromatic nitrogens is 3. The van der Waals surface area contributed by atoms with Crippen molar-refractivity contribution in [2.75, 3.05) is 13.1 Å². The van der Waals surface area contributed by atoms with Crippen molar-refractivity contribution in [1.29, 1.82) is 0 Å². The number of piperidine rings is 1. The number of fused-ring (bicyclic) bond motifs is 1. The van der Waals surface area contributed by atoms with Crippen LogP contribution in [0.5, 0.6) is 0 Å². The highest BCUT2D eigenvalue weighted by Gasteiger charge is 2.28. The zero-order chi connectivity index (χ0) is 22.1. The van der Waals surface area contributed by atoms with Crippen molar-refractivity contribution in [3.05, 3.63) is 52.7 Å². The van der Waals surface area contributed by atoms with Gasteiger partial charge in [0.25, 0.3) is 0 Å². The highest BCUT2D eigenvalue weighted by Crippen LogP contribution is 2.25. The van der Waals surface area contributed by atoms with Gasteiger partial charge in [0, 0.05) is 24.5 Å². The number of carbonyl (C=O) groups excluding carboxylic acids is 1. The fourth-order valence-electron chi connectivity index (χ4n) is 3.93. The number of imidazole rings is 1. The van der Waals surface area contributed by atoms with Gasteiger partial charge in [-0.05, 0) is 36.4 Å². The molecule has 0 aliphatic carbocycles. The number of hydrogen-bond donors (Lipinski definition) is 1. The molecule has 0 radical (unpaired) electrons. The van der Waals surface area contributed by atoms with Gasteiger partial charge >= 0.3 is 0 Å². The predicted octanol–water partition coefficient (Wildman–Crippen LogP) is 3.19. The van der Waals surface area contributed by atoms with Crippen molar-refractivity contribution < 1.29 is 13.2 Å². The molecule has 1 saturated heterocycles. The Kier molecular flexibility index (Phi) is 5.80. The highest BCUT2D eigenvalue weighted by molar-refractivity contribution is 7.91. The van der Waals surface area contributed by atoms with Crippen molar-refractivity contribution in [3.8, 4) is 11.5 Å². The maximum Gasteiger partial charge on any atom is 0.250 e. The summed E-state index contributed by atoms with van der Waals surface area (Å²) in [5.74, 6) is 0.670. The van der Waals surface area contributed by atoms with Crippen LogP contribution in [0.4, 0.5) is 0 Å². The van der Waals surface area contributed by atoms with E-state index in [4.69, 9.17) is 4.98 Å². The van der Waals surface area contributed by atoms with Crippen molar-refractivity contribution in [2.45, 2.75) is 29.6 Å². The van der Waals surface area contributed by atoms with Gasteiger partial charge in [0.2, 0.25) is 15.9 Å². The number of hydrogen-bond acceptors (Lipinski definition) is 7. The summed E-state index contributed by atoms with van der Waals surface area (Å²) in [6, 6.07) is 10.9. The SMILES string of the molecule is O=C(Cn1c(-c2cscn2)nc2ccccc21)N1CCC(NS(=O)(=O)c2cccs2)CC1. The second-order valence-corrected chi connectivity index (χ2v) is 11.2. The standard InChI is InChI=1S/C21H21N5O3S3/c27-19(25-9-7-15(8-10-25)24-32(28,29)20-6-3-11-31-20)12-26-18-5-2-1-4-16(18)23-21(26)17-13-30-14-22-17/h1-6,11,13-15,24H,7-10,12H2. The summed E-state index contributed by atoms with van der Waals surface area (Å²) in [5, 5.41) is 3.67. The van der Waals surface area contributed by atoms with E-state index in [1.807, 2.05) is 34.2 Å². The third-order valence-electron chi connectivity index (χ3n) is 5.54. The fourth-order valence-corrected chi connectivity index (χ4v) is 6.77. The van der Waals surface area contributed by atoms with Gasteiger partial charge in [0.05, 0.1) is 16.5 Å². The van der Waals surface area contributed by atoms with E-state index in [-0.39, 0.29) is 18.5 Å². The first-order chi connectivity index (χ1) is 15.5. The van der Waals surface area contributed by atoms with Gasteiger partial charge in [-0.2, -0.15) is 0 Å². The van der Waals surface area contributed by atoms with E-state index in [1.54, 1.807) is 27.9 Å². The number of carbonyl (C=O) groups is 1. The molecule has 4 heterocycles. The van der Waals surface area contributed by atoms with E-state index in [0.717, 1.165) is 16.7 Å². The Morgan fingerprint density at radius 2 is 1.97 bits per heavy atom. The molecular formula is C21H21N5O3S3. The summed E-state index contributed by atoms with van der Waals surface area (Å²) in [6.07, 6.45) is 1.17. The molecule has 1 amide bonds. The van der Waals surface area contributed by atoms with Crippen LogP contribution >= 0.6 is 22.7 Å². The van der Waals surface area contributed by atoms with E-state index in [9.17, 15) is 13.2 Å². The normalized spacial score (nSPS) is 15.4. The Balaban J connectivity index is 1.28. The Bertz CT molecular complexity index is 1320. The molecule has 0 unspecified atom stereocenters. The van der Waals surface area contributed by atoms with E-state index in [2.05, 4.69) is 9.71 Å². The quantitative estimate of drug-likeness (QED) is 0.451. The van der Waals surface area contributed by atoms with Gasteiger partial charge < -0.3 is 9.47 Å². The Labute approximate surface area is 193 Å². The molecule has 5 rings (SSSR count). The first-order valence-electron chi connectivity index (χ1n) is 10.2. The van der Waals surface area contributed by atoms with Gasteiger partial charge in [0.1, 0.15) is 16.4 Å². The summed E-state index contributed by atoms with van der Waals surface area (Å²) in [6.45, 7) is 1.18. The monoisotopic (exact) mass is 487 g/mol. The zero-order valence-electron chi connectivity index (χ0n) is 17.0. The number of likely N-dealkylation sites (tertiary alicyclic amines) is 1. The number of nitrogens with zero attached hydrogens (tertiary/aromatic N) is 4. The number of rotatable bonds is 6. The molecule has 3 aromatic heterocycles. The van der Waals surface area contributed by atoms with E-state index >= 15 is 0 Å². The number of benzene rings is 1.